The van der Waals surface area contributed by atoms with Crippen LogP contribution in [0.15, 0.2) is 53.0 Å². The summed E-state index contributed by atoms with van der Waals surface area (Å²) in [7, 11) is 0. The molecule has 0 saturated carbocycles. The standard InChI is InChI=1S/C18H19Br/c1-13-16(11-14-5-3-2-4-6-14)8-7-15-9-10-17(19)12-18(13)15/h2-6,9-10,12-13,16H,7-8,11H2,1H3. The summed E-state index contributed by atoms with van der Waals surface area (Å²) in [6, 6.07) is 17.7. The Hall–Kier alpha value is -1.08. The minimum atomic E-state index is 0.654. The maximum Gasteiger partial charge on any atom is 0.0178 e. The number of aryl methyl sites for hydroxylation is 1. The highest BCUT2D eigenvalue weighted by Crippen LogP contribution is 2.38. The Balaban J connectivity index is 1.83. The third-order valence-corrected chi connectivity index (χ3v) is 4.92. The van der Waals surface area contributed by atoms with Crippen molar-refractivity contribution in [1.82, 2.24) is 0 Å². The van der Waals surface area contributed by atoms with Crippen LogP contribution in [-0.4, -0.2) is 0 Å². The Morgan fingerprint density at radius 3 is 2.68 bits per heavy atom. The first kappa shape index (κ1) is 12.9. The van der Waals surface area contributed by atoms with E-state index in [-0.39, 0.29) is 0 Å². The van der Waals surface area contributed by atoms with E-state index in [0.717, 1.165) is 5.92 Å². The van der Waals surface area contributed by atoms with Gasteiger partial charge in [-0.25, -0.2) is 0 Å². The molecule has 0 spiro atoms. The Morgan fingerprint density at radius 1 is 1.11 bits per heavy atom. The topological polar surface area (TPSA) is 0 Å². The molecule has 0 amide bonds. The Kier molecular flexibility index (Phi) is 3.74. The average molecular weight is 315 g/mol. The Labute approximate surface area is 124 Å². The fourth-order valence-corrected chi connectivity index (χ4v) is 3.64. The summed E-state index contributed by atoms with van der Waals surface area (Å²) in [6.07, 6.45) is 3.74. The normalized spacial score (nSPS) is 22.0. The van der Waals surface area contributed by atoms with Gasteiger partial charge < -0.3 is 0 Å². The minimum absolute atomic E-state index is 0.654. The molecule has 19 heavy (non-hydrogen) atoms. The van der Waals surface area contributed by atoms with Gasteiger partial charge in [0.2, 0.25) is 0 Å². The largest absolute Gasteiger partial charge is 0.0622 e. The summed E-state index contributed by atoms with van der Waals surface area (Å²) in [5, 5.41) is 0. The third-order valence-electron chi connectivity index (χ3n) is 4.43. The first-order valence-corrected chi connectivity index (χ1v) is 7.85. The third kappa shape index (κ3) is 2.76. The Bertz CT molecular complexity index is 559. The van der Waals surface area contributed by atoms with Gasteiger partial charge in [0.1, 0.15) is 0 Å². The number of halogens is 1. The lowest BCUT2D eigenvalue weighted by molar-refractivity contribution is 0.389. The van der Waals surface area contributed by atoms with E-state index in [9.17, 15) is 0 Å². The molecule has 0 nitrogen and oxygen atoms in total. The predicted molar refractivity (Wildman–Crippen MR) is 84.5 cm³/mol. The van der Waals surface area contributed by atoms with Crippen molar-refractivity contribution in [3.05, 3.63) is 69.7 Å². The summed E-state index contributed by atoms with van der Waals surface area (Å²) < 4.78 is 1.21. The summed E-state index contributed by atoms with van der Waals surface area (Å²) in [4.78, 5) is 0. The van der Waals surface area contributed by atoms with Gasteiger partial charge in [0.25, 0.3) is 0 Å². The maximum atomic E-state index is 3.60. The molecule has 3 rings (SSSR count). The Morgan fingerprint density at radius 2 is 1.89 bits per heavy atom. The quantitative estimate of drug-likeness (QED) is 0.700. The van der Waals surface area contributed by atoms with Crippen LogP contribution in [0, 0.1) is 5.92 Å². The van der Waals surface area contributed by atoms with Crippen molar-refractivity contribution in [2.24, 2.45) is 5.92 Å². The smallest absolute Gasteiger partial charge is 0.0178 e. The van der Waals surface area contributed by atoms with Gasteiger partial charge in [-0.15, -0.1) is 0 Å². The van der Waals surface area contributed by atoms with Gasteiger partial charge in [-0.05, 0) is 59.9 Å². The fraction of sp³-hybridized carbons (Fsp3) is 0.333. The second kappa shape index (κ2) is 5.50. The van der Waals surface area contributed by atoms with Gasteiger partial charge in [0, 0.05) is 4.47 Å². The first-order chi connectivity index (χ1) is 9.24. The highest BCUT2D eigenvalue weighted by atomic mass is 79.9. The van der Waals surface area contributed by atoms with Crippen LogP contribution >= 0.6 is 15.9 Å². The van der Waals surface area contributed by atoms with Crippen LogP contribution in [0.1, 0.15) is 36.0 Å². The molecule has 1 heteroatoms. The van der Waals surface area contributed by atoms with Crippen LogP contribution in [0.5, 0.6) is 0 Å². The van der Waals surface area contributed by atoms with Crippen molar-refractivity contribution < 1.29 is 0 Å². The number of fused-ring (bicyclic) bond motifs is 1. The van der Waals surface area contributed by atoms with E-state index in [4.69, 9.17) is 0 Å². The number of hydrogen-bond donors (Lipinski definition) is 0. The average Bonchev–Trinajstić information content (AvgIpc) is 2.44. The number of rotatable bonds is 2. The molecular formula is C18H19Br. The van der Waals surface area contributed by atoms with Crippen molar-refractivity contribution in [1.29, 1.82) is 0 Å². The molecule has 0 aromatic heterocycles. The fourth-order valence-electron chi connectivity index (χ4n) is 3.26. The van der Waals surface area contributed by atoms with Crippen molar-refractivity contribution in [3.63, 3.8) is 0 Å². The molecule has 0 radical (unpaired) electrons. The second-order valence-electron chi connectivity index (χ2n) is 5.62. The minimum Gasteiger partial charge on any atom is -0.0622 e. The van der Waals surface area contributed by atoms with Gasteiger partial charge in [0.15, 0.2) is 0 Å². The number of benzene rings is 2. The van der Waals surface area contributed by atoms with Gasteiger partial charge in [-0.1, -0.05) is 59.3 Å². The lowest BCUT2D eigenvalue weighted by atomic mass is 9.74. The van der Waals surface area contributed by atoms with E-state index in [1.807, 2.05) is 0 Å². The van der Waals surface area contributed by atoms with Gasteiger partial charge >= 0.3 is 0 Å². The van der Waals surface area contributed by atoms with E-state index in [0.29, 0.717) is 5.92 Å². The van der Waals surface area contributed by atoms with Crippen LogP contribution in [0.25, 0.3) is 0 Å². The molecule has 98 valence electrons. The van der Waals surface area contributed by atoms with Gasteiger partial charge in [-0.3, -0.25) is 0 Å². The highest BCUT2D eigenvalue weighted by Gasteiger charge is 2.26. The molecule has 1 aliphatic rings. The van der Waals surface area contributed by atoms with E-state index >= 15 is 0 Å². The molecule has 1 aliphatic carbocycles. The van der Waals surface area contributed by atoms with E-state index < -0.39 is 0 Å². The molecule has 2 unspecified atom stereocenters. The van der Waals surface area contributed by atoms with Crippen LogP contribution in [0.4, 0.5) is 0 Å². The van der Waals surface area contributed by atoms with E-state index in [1.165, 1.54) is 29.3 Å². The van der Waals surface area contributed by atoms with Gasteiger partial charge in [-0.2, -0.15) is 0 Å². The highest BCUT2D eigenvalue weighted by molar-refractivity contribution is 9.10. The zero-order valence-corrected chi connectivity index (χ0v) is 12.9. The van der Waals surface area contributed by atoms with Crippen molar-refractivity contribution in [2.75, 3.05) is 0 Å². The monoisotopic (exact) mass is 314 g/mol. The van der Waals surface area contributed by atoms with Gasteiger partial charge in [0.05, 0.1) is 0 Å². The number of hydrogen-bond acceptors (Lipinski definition) is 0. The first-order valence-electron chi connectivity index (χ1n) is 7.06. The lowest BCUT2D eigenvalue weighted by Crippen LogP contribution is -2.20. The van der Waals surface area contributed by atoms with Crippen LogP contribution in [0.3, 0.4) is 0 Å². The van der Waals surface area contributed by atoms with Crippen LogP contribution in [0.2, 0.25) is 0 Å². The SMILES string of the molecule is CC1c2cc(Br)ccc2CCC1Cc1ccccc1. The summed E-state index contributed by atoms with van der Waals surface area (Å²) in [5.41, 5.74) is 4.55. The molecule has 0 N–H and O–H groups in total. The van der Waals surface area contributed by atoms with Crippen molar-refractivity contribution in [2.45, 2.75) is 32.1 Å². The van der Waals surface area contributed by atoms with Crippen LogP contribution in [-0.2, 0) is 12.8 Å². The summed E-state index contributed by atoms with van der Waals surface area (Å²) >= 11 is 3.60. The molecule has 2 aromatic carbocycles. The summed E-state index contributed by atoms with van der Waals surface area (Å²) in [5.74, 6) is 1.42. The van der Waals surface area contributed by atoms with Crippen molar-refractivity contribution >= 4 is 15.9 Å². The molecule has 0 aliphatic heterocycles. The molecule has 0 heterocycles. The second-order valence-corrected chi connectivity index (χ2v) is 6.54. The molecular weight excluding hydrogens is 296 g/mol. The van der Waals surface area contributed by atoms with Crippen molar-refractivity contribution in [3.8, 4) is 0 Å². The maximum absolute atomic E-state index is 3.60. The lowest BCUT2D eigenvalue weighted by Gasteiger charge is -2.31. The molecule has 0 saturated heterocycles. The van der Waals surface area contributed by atoms with E-state index in [1.54, 1.807) is 11.1 Å². The zero-order valence-electron chi connectivity index (χ0n) is 11.3. The molecule has 2 atom stereocenters. The van der Waals surface area contributed by atoms with Crippen LogP contribution < -0.4 is 0 Å². The molecule has 0 bridgehead atoms. The summed E-state index contributed by atoms with van der Waals surface area (Å²) in [6.45, 7) is 2.39. The molecule has 2 aromatic rings. The van der Waals surface area contributed by atoms with E-state index in [2.05, 4.69) is 71.4 Å². The molecule has 0 fully saturated rings. The predicted octanol–water partition coefficient (Wildman–Crippen LogP) is 5.36. The zero-order chi connectivity index (χ0) is 13.2.